The molecular weight excluding hydrogens is 300 g/mol. The highest BCUT2D eigenvalue weighted by Gasteiger charge is 2.24. The van der Waals surface area contributed by atoms with Gasteiger partial charge >= 0.3 is 0 Å². The molecule has 134 valence electrons. The predicted molar refractivity (Wildman–Crippen MR) is 109 cm³/mol. The fourth-order valence-corrected chi connectivity index (χ4v) is 4.58. The molecule has 0 fully saturated rings. The minimum absolute atomic E-state index is 0.800. The van der Waals surface area contributed by atoms with Gasteiger partial charge in [0.05, 0.1) is 0 Å². The highest BCUT2D eigenvalue weighted by Crippen LogP contribution is 2.37. The number of fused-ring (bicyclic) bond motifs is 2. The van der Waals surface area contributed by atoms with Crippen LogP contribution >= 0.6 is 0 Å². The Kier molecular flexibility index (Phi) is 5.99. The molecule has 0 saturated heterocycles. The van der Waals surface area contributed by atoms with Gasteiger partial charge in [-0.05, 0) is 78.0 Å². The third kappa shape index (κ3) is 4.35. The van der Waals surface area contributed by atoms with E-state index in [-0.39, 0.29) is 0 Å². The van der Waals surface area contributed by atoms with Gasteiger partial charge in [-0.3, -0.25) is 0 Å². The summed E-state index contributed by atoms with van der Waals surface area (Å²) in [6.45, 7) is 9.34. The van der Waals surface area contributed by atoms with Crippen LogP contribution in [0.4, 0.5) is 0 Å². The Labute approximate surface area is 154 Å². The van der Waals surface area contributed by atoms with Gasteiger partial charge in [-0.25, -0.2) is 0 Å². The summed E-state index contributed by atoms with van der Waals surface area (Å²) in [4.78, 5) is 0. The molecule has 2 aromatic rings. The first-order chi connectivity index (χ1) is 12.1. The lowest BCUT2D eigenvalue weighted by atomic mass is 9.78. The molecule has 0 saturated carbocycles. The van der Waals surface area contributed by atoms with Crippen LogP contribution in [0.5, 0.6) is 0 Å². The van der Waals surface area contributed by atoms with E-state index in [1.165, 1.54) is 32.1 Å². The molecule has 2 aliphatic carbocycles. The van der Waals surface area contributed by atoms with Gasteiger partial charge in [0.25, 0.3) is 0 Å². The van der Waals surface area contributed by atoms with Gasteiger partial charge < -0.3 is 0 Å². The van der Waals surface area contributed by atoms with Crippen molar-refractivity contribution in [3.8, 4) is 0 Å². The molecule has 0 spiro atoms. The molecule has 0 heterocycles. The SMILES string of the molecule is CC(C)C1CCc2ccccc21.CC(C)C1CCc2ccccc2C1. The smallest absolute Gasteiger partial charge is 0.0133 e. The summed E-state index contributed by atoms with van der Waals surface area (Å²) in [5.41, 5.74) is 6.36. The molecule has 0 amide bonds. The highest BCUT2D eigenvalue weighted by molar-refractivity contribution is 5.35. The van der Waals surface area contributed by atoms with E-state index in [2.05, 4.69) is 76.2 Å². The van der Waals surface area contributed by atoms with Crippen molar-refractivity contribution in [3.63, 3.8) is 0 Å². The van der Waals surface area contributed by atoms with E-state index in [1.807, 2.05) is 0 Å². The van der Waals surface area contributed by atoms with E-state index in [1.54, 1.807) is 22.3 Å². The van der Waals surface area contributed by atoms with Crippen molar-refractivity contribution in [3.05, 3.63) is 70.8 Å². The van der Waals surface area contributed by atoms with Crippen LogP contribution in [0.15, 0.2) is 48.5 Å². The molecule has 0 bridgehead atoms. The van der Waals surface area contributed by atoms with Gasteiger partial charge in [-0.15, -0.1) is 0 Å². The summed E-state index contributed by atoms with van der Waals surface area (Å²) >= 11 is 0. The second-order valence-corrected chi connectivity index (χ2v) is 8.60. The Morgan fingerprint density at radius 1 is 0.680 bits per heavy atom. The van der Waals surface area contributed by atoms with Crippen molar-refractivity contribution in [1.29, 1.82) is 0 Å². The van der Waals surface area contributed by atoms with Gasteiger partial charge in [0.2, 0.25) is 0 Å². The van der Waals surface area contributed by atoms with Crippen LogP contribution in [0.3, 0.4) is 0 Å². The molecule has 25 heavy (non-hydrogen) atoms. The quantitative estimate of drug-likeness (QED) is 0.565. The zero-order valence-corrected chi connectivity index (χ0v) is 16.5. The summed E-state index contributed by atoms with van der Waals surface area (Å²) in [5.74, 6) is 3.37. The van der Waals surface area contributed by atoms with Crippen LogP contribution in [0, 0.1) is 17.8 Å². The summed E-state index contributed by atoms with van der Waals surface area (Å²) in [5, 5.41) is 0. The van der Waals surface area contributed by atoms with E-state index in [0.717, 1.165) is 23.7 Å². The van der Waals surface area contributed by atoms with Gasteiger partial charge in [0.15, 0.2) is 0 Å². The Morgan fingerprint density at radius 3 is 1.96 bits per heavy atom. The summed E-state index contributed by atoms with van der Waals surface area (Å²) in [7, 11) is 0. The molecule has 0 N–H and O–H groups in total. The lowest BCUT2D eigenvalue weighted by molar-refractivity contribution is 0.343. The Bertz CT molecular complexity index is 680. The fraction of sp³-hybridized carbons (Fsp3) is 0.520. The second-order valence-electron chi connectivity index (χ2n) is 8.60. The molecule has 0 aromatic heterocycles. The summed E-state index contributed by atoms with van der Waals surface area (Å²) in [6, 6.07) is 17.8. The monoisotopic (exact) mass is 334 g/mol. The first-order valence-electron chi connectivity index (χ1n) is 10.2. The van der Waals surface area contributed by atoms with Crippen molar-refractivity contribution >= 4 is 0 Å². The lowest BCUT2D eigenvalue weighted by Crippen LogP contribution is -2.18. The van der Waals surface area contributed by atoms with Crippen LogP contribution in [0.2, 0.25) is 0 Å². The number of aryl methyl sites for hydroxylation is 2. The number of hydrogen-bond donors (Lipinski definition) is 0. The number of benzene rings is 2. The number of hydrogen-bond acceptors (Lipinski definition) is 0. The van der Waals surface area contributed by atoms with Crippen LogP contribution in [-0.2, 0) is 19.3 Å². The maximum atomic E-state index is 2.35. The summed E-state index contributed by atoms with van der Waals surface area (Å²) in [6.07, 6.45) is 6.62. The molecule has 4 rings (SSSR count). The van der Waals surface area contributed by atoms with E-state index in [0.29, 0.717) is 0 Å². The normalized spacial score (nSPS) is 21.5. The van der Waals surface area contributed by atoms with E-state index < -0.39 is 0 Å². The maximum absolute atomic E-state index is 2.35. The van der Waals surface area contributed by atoms with Crippen molar-refractivity contribution in [1.82, 2.24) is 0 Å². The van der Waals surface area contributed by atoms with E-state index in [4.69, 9.17) is 0 Å². The highest BCUT2D eigenvalue weighted by atomic mass is 14.3. The molecule has 0 heteroatoms. The van der Waals surface area contributed by atoms with Crippen molar-refractivity contribution in [2.45, 2.75) is 65.7 Å². The zero-order chi connectivity index (χ0) is 17.8. The Hall–Kier alpha value is -1.56. The second kappa shape index (κ2) is 8.21. The third-order valence-corrected chi connectivity index (χ3v) is 6.31. The molecule has 2 unspecified atom stereocenters. The van der Waals surface area contributed by atoms with Gasteiger partial charge in [0, 0.05) is 0 Å². The predicted octanol–water partition coefficient (Wildman–Crippen LogP) is 6.82. The summed E-state index contributed by atoms with van der Waals surface area (Å²) < 4.78 is 0. The molecular formula is C25H34. The van der Waals surface area contributed by atoms with Crippen molar-refractivity contribution in [2.24, 2.45) is 17.8 Å². The number of rotatable bonds is 2. The third-order valence-electron chi connectivity index (χ3n) is 6.31. The average molecular weight is 335 g/mol. The van der Waals surface area contributed by atoms with Crippen LogP contribution in [0.25, 0.3) is 0 Å². The van der Waals surface area contributed by atoms with Gasteiger partial charge in [0.1, 0.15) is 0 Å². The van der Waals surface area contributed by atoms with Crippen LogP contribution < -0.4 is 0 Å². The largest absolute Gasteiger partial charge is 0.0625 e. The Morgan fingerprint density at radius 2 is 1.28 bits per heavy atom. The molecule has 2 atom stereocenters. The standard InChI is InChI=1S/C13H18.C12H16/c1-10(2)12-8-7-11-5-3-4-6-13(11)9-12;1-9(2)11-8-7-10-5-3-4-6-12(10)11/h3-6,10,12H,7-9H2,1-2H3;3-6,9,11H,7-8H2,1-2H3. The maximum Gasteiger partial charge on any atom is -0.0133 e. The minimum atomic E-state index is 0.800. The van der Waals surface area contributed by atoms with Crippen molar-refractivity contribution < 1.29 is 0 Å². The van der Waals surface area contributed by atoms with Crippen LogP contribution in [-0.4, -0.2) is 0 Å². The van der Waals surface area contributed by atoms with Gasteiger partial charge in [-0.1, -0.05) is 76.2 Å². The zero-order valence-electron chi connectivity index (χ0n) is 16.5. The first kappa shape index (κ1) is 18.2. The molecule has 0 nitrogen and oxygen atoms in total. The van der Waals surface area contributed by atoms with Crippen LogP contribution in [0.1, 0.15) is 68.7 Å². The molecule has 2 aliphatic rings. The lowest BCUT2D eigenvalue weighted by Gasteiger charge is -2.27. The van der Waals surface area contributed by atoms with E-state index in [9.17, 15) is 0 Å². The minimum Gasteiger partial charge on any atom is -0.0625 e. The molecule has 0 aliphatic heterocycles. The van der Waals surface area contributed by atoms with Crippen molar-refractivity contribution in [2.75, 3.05) is 0 Å². The molecule has 0 radical (unpaired) electrons. The van der Waals surface area contributed by atoms with Gasteiger partial charge in [-0.2, -0.15) is 0 Å². The average Bonchev–Trinajstić information content (AvgIpc) is 3.06. The molecule has 2 aromatic carbocycles. The fourth-order valence-electron chi connectivity index (χ4n) is 4.58. The first-order valence-corrected chi connectivity index (χ1v) is 10.2. The Balaban J connectivity index is 0.000000146. The topological polar surface area (TPSA) is 0 Å². The van der Waals surface area contributed by atoms with E-state index >= 15 is 0 Å².